The van der Waals surface area contributed by atoms with Gasteiger partial charge in [-0.15, -0.1) is 0 Å². The average Bonchev–Trinajstić information content (AvgIpc) is 2.71. The van der Waals surface area contributed by atoms with Crippen LogP contribution < -0.4 is 5.14 Å². The first-order valence-electron chi connectivity index (χ1n) is 6.32. The van der Waals surface area contributed by atoms with Crippen LogP contribution in [0.4, 0.5) is 4.39 Å². The minimum atomic E-state index is -4.11. The number of nitrogens with two attached hydrogens (primary N) is 1. The van der Waals surface area contributed by atoms with Gasteiger partial charge in [-0.05, 0) is 24.0 Å². The normalized spacial score (nSPS) is 18.0. The number of likely N-dealkylation sites (tertiary alicyclic amines) is 1. The molecule has 1 amide bonds. The molecule has 5 nitrogen and oxygen atoms in total. The molecule has 1 heterocycles. The third-order valence-corrected chi connectivity index (χ3v) is 4.80. The molecule has 0 bridgehead atoms. The number of primary sulfonamides is 1. The van der Waals surface area contributed by atoms with E-state index in [1.54, 1.807) is 0 Å². The van der Waals surface area contributed by atoms with Gasteiger partial charge in [0.25, 0.3) is 5.91 Å². The summed E-state index contributed by atoms with van der Waals surface area (Å²) >= 11 is 5.80. The molecule has 0 unspecified atom stereocenters. The van der Waals surface area contributed by atoms with E-state index in [4.69, 9.17) is 16.7 Å². The summed E-state index contributed by atoms with van der Waals surface area (Å²) in [5, 5.41) is 4.59. The predicted octanol–water partition coefficient (Wildman–Crippen LogP) is 2.00. The molecular formula is C13H16ClFN2O3S. The second-order valence-electron chi connectivity index (χ2n) is 5.95. The molecule has 21 heavy (non-hydrogen) atoms. The van der Waals surface area contributed by atoms with Crippen LogP contribution in [0.2, 0.25) is 5.02 Å². The summed E-state index contributed by atoms with van der Waals surface area (Å²) in [5.41, 5.74) is -0.212. The van der Waals surface area contributed by atoms with Crippen molar-refractivity contribution >= 4 is 27.5 Å². The van der Waals surface area contributed by atoms with E-state index in [-0.39, 0.29) is 11.0 Å². The fourth-order valence-corrected chi connectivity index (χ4v) is 3.08. The quantitative estimate of drug-likeness (QED) is 0.898. The van der Waals surface area contributed by atoms with E-state index >= 15 is 0 Å². The van der Waals surface area contributed by atoms with Crippen LogP contribution in [0.25, 0.3) is 0 Å². The molecule has 116 valence electrons. The Morgan fingerprint density at radius 2 is 2.05 bits per heavy atom. The summed E-state index contributed by atoms with van der Waals surface area (Å²) in [6.45, 7) is 5.05. The van der Waals surface area contributed by atoms with Crippen LogP contribution in [0.1, 0.15) is 30.6 Å². The van der Waals surface area contributed by atoms with Gasteiger partial charge in [-0.3, -0.25) is 4.79 Å². The van der Waals surface area contributed by atoms with Crippen molar-refractivity contribution in [3.05, 3.63) is 28.5 Å². The lowest BCUT2D eigenvalue weighted by Gasteiger charge is -2.20. The standard InChI is InChI=1S/C13H16ClFN2O3S/c1-13(2)3-4-17(7-13)12(18)9-5-8(21(16,19)20)6-10(15)11(9)14/h5-6H,3-4,7H2,1-2H3,(H2,16,19,20). The molecule has 1 aromatic carbocycles. The van der Waals surface area contributed by atoms with E-state index in [2.05, 4.69) is 0 Å². The fourth-order valence-electron chi connectivity index (χ4n) is 2.34. The molecule has 1 saturated heterocycles. The van der Waals surface area contributed by atoms with Crippen molar-refractivity contribution in [1.82, 2.24) is 4.90 Å². The number of hydrogen-bond donors (Lipinski definition) is 1. The molecule has 0 radical (unpaired) electrons. The van der Waals surface area contributed by atoms with E-state index in [0.29, 0.717) is 19.2 Å². The number of sulfonamides is 1. The van der Waals surface area contributed by atoms with Crippen molar-refractivity contribution < 1.29 is 17.6 Å². The maximum absolute atomic E-state index is 13.7. The average molecular weight is 335 g/mol. The smallest absolute Gasteiger partial charge is 0.255 e. The number of benzene rings is 1. The Labute approximate surface area is 127 Å². The lowest BCUT2D eigenvalue weighted by molar-refractivity contribution is 0.0777. The maximum Gasteiger partial charge on any atom is 0.255 e. The van der Waals surface area contributed by atoms with Crippen LogP contribution in [-0.4, -0.2) is 32.3 Å². The van der Waals surface area contributed by atoms with Gasteiger partial charge in [-0.2, -0.15) is 0 Å². The topological polar surface area (TPSA) is 80.5 Å². The first-order chi connectivity index (χ1) is 9.51. The summed E-state index contributed by atoms with van der Waals surface area (Å²) in [4.78, 5) is 13.5. The highest BCUT2D eigenvalue weighted by molar-refractivity contribution is 7.89. The molecule has 0 aromatic heterocycles. The number of carbonyl (C=O) groups excluding carboxylic acids is 1. The first-order valence-corrected chi connectivity index (χ1v) is 8.25. The zero-order valence-corrected chi connectivity index (χ0v) is 13.3. The van der Waals surface area contributed by atoms with Gasteiger partial charge in [0.2, 0.25) is 10.0 Å². The molecule has 8 heteroatoms. The molecule has 0 spiro atoms. The molecule has 0 saturated carbocycles. The molecule has 1 aliphatic rings. The predicted molar refractivity (Wildman–Crippen MR) is 77.1 cm³/mol. The Morgan fingerprint density at radius 3 is 2.52 bits per heavy atom. The van der Waals surface area contributed by atoms with Crippen LogP contribution in [-0.2, 0) is 10.0 Å². The van der Waals surface area contributed by atoms with Crippen molar-refractivity contribution in [2.24, 2.45) is 10.6 Å². The number of hydrogen-bond acceptors (Lipinski definition) is 3. The summed E-state index contributed by atoms with van der Waals surface area (Å²) in [6, 6.07) is 1.73. The number of rotatable bonds is 2. The van der Waals surface area contributed by atoms with Gasteiger partial charge in [0, 0.05) is 13.1 Å². The Hall–Kier alpha value is -1.18. The van der Waals surface area contributed by atoms with E-state index < -0.39 is 31.7 Å². The van der Waals surface area contributed by atoms with E-state index in [9.17, 15) is 17.6 Å². The Balaban J connectivity index is 2.44. The van der Waals surface area contributed by atoms with Gasteiger partial charge in [0.05, 0.1) is 15.5 Å². The number of carbonyl (C=O) groups is 1. The van der Waals surface area contributed by atoms with Gasteiger partial charge < -0.3 is 4.90 Å². The molecule has 2 N–H and O–H groups in total. The van der Waals surface area contributed by atoms with E-state index in [0.717, 1.165) is 12.5 Å². The second kappa shape index (κ2) is 5.23. The highest BCUT2D eigenvalue weighted by Crippen LogP contribution is 2.32. The maximum atomic E-state index is 13.7. The highest BCUT2D eigenvalue weighted by atomic mass is 35.5. The largest absolute Gasteiger partial charge is 0.338 e. The highest BCUT2D eigenvalue weighted by Gasteiger charge is 2.34. The zero-order valence-electron chi connectivity index (χ0n) is 11.7. The second-order valence-corrected chi connectivity index (χ2v) is 7.89. The Morgan fingerprint density at radius 1 is 1.43 bits per heavy atom. The molecule has 1 aliphatic heterocycles. The van der Waals surface area contributed by atoms with Crippen molar-refractivity contribution in [2.45, 2.75) is 25.2 Å². The third-order valence-electron chi connectivity index (χ3n) is 3.53. The van der Waals surface area contributed by atoms with Crippen LogP contribution in [0.3, 0.4) is 0 Å². The van der Waals surface area contributed by atoms with E-state index in [1.807, 2.05) is 13.8 Å². The van der Waals surface area contributed by atoms with Crippen LogP contribution >= 0.6 is 11.6 Å². The van der Waals surface area contributed by atoms with Crippen molar-refractivity contribution in [3.8, 4) is 0 Å². The van der Waals surface area contributed by atoms with Gasteiger partial charge in [0.15, 0.2) is 0 Å². The van der Waals surface area contributed by atoms with Crippen molar-refractivity contribution in [1.29, 1.82) is 0 Å². The summed E-state index contributed by atoms with van der Waals surface area (Å²) in [5.74, 6) is -1.47. The first kappa shape index (κ1) is 16.2. The number of amides is 1. The Kier molecular flexibility index (Phi) is 4.03. The monoisotopic (exact) mass is 334 g/mol. The zero-order chi connectivity index (χ0) is 16.0. The summed E-state index contributed by atoms with van der Waals surface area (Å²) < 4.78 is 36.4. The van der Waals surface area contributed by atoms with Gasteiger partial charge in [-0.1, -0.05) is 25.4 Å². The van der Waals surface area contributed by atoms with Gasteiger partial charge in [0.1, 0.15) is 5.82 Å². The van der Waals surface area contributed by atoms with Crippen LogP contribution in [0.5, 0.6) is 0 Å². The van der Waals surface area contributed by atoms with Crippen LogP contribution in [0, 0.1) is 11.2 Å². The van der Waals surface area contributed by atoms with Crippen LogP contribution in [0.15, 0.2) is 17.0 Å². The Bertz CT molecular complexity index is 704. The van der Waals surface area contributed by atoms with E-state index in [1.165, 1.54) is 4.90 Å². The van der Waals surface area contributed by atoms with Gasteiger partial charge in [-0.25, -0.2) is 17.9 Å². The summed E-state index contributed by atoms with van der Waals surface area (Å²) in [7, 11) is -4.11. The lowest BCUT2D eigenvalue weighted by atomic mass is 9.93. The molecule has 0 aliphatic carbocycles. The third kappa shape index (κ3) is 3.36. The SMILES string of the molecule is CC1(C)CCN(C(=O)c2cc(S(N)(=O)=O)cc(F)c2Cl)C1. The minimum Gasteiger partial charge on any atom is -0.338 e. The molecular weight excluding hydrogens is 319 g/mol. The molecule has 1 aromatic rings. The lowest BCUT2D eigenvalue weighted by Crippen LogP contribution is -2.31. The number of nitrogens with zero attached hydrogens (tertiary/aromatic N) is 1. The minimum absolute atomic E-state index is 0.0295. The van der Waals surface area contributed by atoms with Gasteiger partial charge >= 0.3 is 0 Å². The van der Waals surface area contributed by atoms with Crippen molar-refractivity contribution in [2.75, 3.05) is 13.1 Å². The molecule has 2 rings (SSSR count). The molecule has 1 fully saturated rings. The van der Waals surface area contributed by atoms with Crippen molar-refractivity contribution in [3.63, 3.8) is 0 Å². The fraction of sp³-hybridized carbons (Fsp3) is 0.462. The molecule has 0 atom stereocenters. The number of halogens is 2. The summed E-state index contributed by atoms with van der Waals surface area (Å²) in [6.07, 6.45) is 0.813.